The number of halogens is 1. The van der Waals surface area contributed by atoms with E-state index >= 15 is 0 Å². The van der Waals surface area contributed by atoms with Gasteiger partial charge in [-0.15, -0.1) is 12.4 Å². The zero-order chi connectivity index (χ0) is 15.6. The second-order valence-corrected chi connectivity index (χ2v) is 6.07. The fourth-order valence-corrected chi connectivity index (χ4v) is 3.35. The minimum atomic E-state index is 0. The summed E-state index contributed by atoms with van der Waals surface area (Å²) in [6, 6.07) is 17.1. The highest BCUT2D eigenvalue weighted by molar-refractivity contribution is 5.85. The third-order valence-corrected chi connectivity index (χ3v) is 4.54. The summed E-state index contributed by atoms with van der Waals surface area (Å²) in [5.41, 5.74) is 5.26. The fourth-order valence-electron chi connectivity index (χ4n) is 3.35. The van der Waals surface area contributed by atoms with Crippen molar-refractivity contribution < 1.29 is 0 Å². The van der Waals surface area contributed by atoms with E-state index in [1.54, 1.807) is 0 Å². The molecule has 0 amide bonds. The number of nitrogens with one attached hydrogen (secondary N) is 2. The largest absolute Gasteiger partial charge is 0.361 e. The minimum absolute atomic E-state index is 0. The number of aryl methyl sites for hydroxylation is 1. The minimum Gasteiger partial charge on any atom is -0.361 e. The standard InChI is InChI=1S/C20H21N3.ClH/c1-23-14-16(18-7-3-5-9-20(18)23)12-21-11-10-15-13-22-19-8-4-2-6-17(15)19;/h2-9,13-14,21-22H,10-12H2,1H3;1H. The number of aromatic amines is 1. The molecule has 4 heteroatoms. The molecule has 2 aromatic heterocycles. The monoisotopic (exact) mass is 339 g/mol. The van der Waals surface area contributed by atoms with Gasteiger partial charge < -0.3 is 14.9 Å². The Morgan fingerprint density at radius 1 is 0.958 bits per heavy atom. The maximum Gasteiger partial charge on any atom is 0.0481 e. The van der Waals surface area contributed by atoms with Crippen molar-refractivity contribution >= 4 is 34.2 Å². The number of fused-ring (bicyclic) bond motifs is 2. The topological polar surface area (TPSA) is 32.8 Å². The molecule has 3 nitrogen and oxygen atoms in total. The van der Waals surface area contributed by atoms with Crippen LogP contribution in [0.15, 0.2) is 60.9 Å². The van der Waals surface area contributed by atoms with Crippen LogP contribution >= 0.6 is 12.4 Å². The van der Waals surface area contributed by atoms with Gasteiger partial charge in [0.05, 0.1) is 0 Å². The van der Waals surface area contributed by atoms with Gasteiger partial charge in [-0.3, -0.25) is 0 Å². The van der Waals surface area contributed by atoms with Gasteiger partial charge in [0, 0.05) is 47.8 Å². The van der Waals surface area contributed by atoms with Crippen molar-refractivity contribution in [2.45, 2.75) is 13.0 Å². The Bertz CT molecular complexity index is 952. The molecule has 0 radical (unpaired) electrons. The van der Waals surface area contributed by atoms with Gasteiger partial charge in [-0.2, -0.15) is 0 Å². The Labute approximate surface area is 148 Å². The highest BCUT2D eigenvalue weighted by Crippen LogP contribution is 2.20. The number of hydrogen-bond donors (Lipinski definition) is 2. The van der Waals surface area contributed by atoms with Crippen LogP contribution in [0.2, 0.25) is 0 Å². The molecule has 0 unspecified atom stereocenters. The molecule has 124 valence electrons. The van der Waals surface area contributed by atoms with Crippen molar-refractivity contribution in [1.82, 2.24) is 14.9 Å². The Morgan fingerprint density at radius 3 is 2.58 bits per heavy atom. The molecule has 0 saturated heterocycles. The molecule has 24 heavy (non-hydrogen) atoms. The van der Waals surface area contributed by atoms with Gasteiger partial charge >= 0.3 is 0 Å². The van der Waals surface area contributed by atoms with Crippen LogP contribution in [-0.2, 0) is 20.0 Å². The van der Waals surface area contributed by atoms with Crippen LogP contribution in [0.4, 0.5) is 0 Å². The van der Waals surface area contributed by atoms with Gasteiger partial charge in [0.2, 0.25) is 0 Å². The normalized spacial score (nSPS) is 11.0. The molecular weight excluding hydrogens is 318 g/mol. The van der Waals surface area contributed by atoms with Gasteiger partial charge in [0.25, 0.3) is 0 Å². The second kappa shape index (κ2) is 7.12. The average molecular weight is 340 g/mol. The van der Waals surface area contributed by atoms with Crippen molar-refractivity contribution in [3.8, 4) is 0 Å². The maximum atomic E-state index is 3.58. The Hall–Kier alpha value is -2.23. The zero-order valence-corrected chi connectivity index (χ0v) is 14.6. The van der Waals surface area contributed by atoms with Gasteiger partial charge in [0.1, 0.15) is 0 Å². The summed E-state index contributed by atoms with van der Waals surface area (Å²) in [6.45, 7) is 1.88. The van der Waals surface area contributed by atoms with E-state index in [4.69, 9.17) is 0 Å². The molecular formula is C20H22ClN3. The smallest absolute Gasteiger partial charge is 0.0481 e. The average Bonchev–Trinajstić information content (AvgIpc) is 3.14. The van der Waals surface area contributed by atoms with Crippen LogP contribution in [0.1, 0.15) is 11.1 Å². The first kappa shape index (κ1) is 16.6. The number of benzene rings is 2. The van der Waals surface area contributed by atoms with E-state index in [0.717, 1.165) is 19.5 Å². The number of rotatable bonds is 5. The fraction of sp³-hybridized carbons (Fsp3) is 0.200. The van der Waals surface area contributed by atoms with Gasteiger partial charge in [0.15, 0.2) is 0 Å². The second-order valence-electron chi connectivity index (χ2n) is 6.07. The number of H-pyrrole nitrogens is 1. The van der Waals surface area contributed by atoms with Gasteiger partial charge in [-0.25, -0.2) is 0 Å². The summed E-state index contributed by atoms with van der Waals surface area (Å²) >= 11 is 0. The summed E-state index contributed by atoms with van der Waals surface area (Å²) < 4.78 is 2.20. The lowest BCUT2D eigenvalue weighted by atomic mass is 10.1. The Balaban J connectivity index is 0.00000169. The van der Waals surface area contributed by atoms with E-state index < -0.39 is 0 Å². The summed E-state index contributed by atoms with van der Waals surface area (Å²) in [7, 11) is 2.11. The van der Waals surface area contributed by atoms with Crippen LogP contribution < -0.4 is 5.32 Å². The lowest BCUT2D eigenvalue weighted by molar-refractivity contribution is 0.689. The summed E-state index contributed by atoms with van der Waals surface area (Å²) in [6.07, 6.45) is 5.39. The van der Waals surface area contributed by atoms with Gasteiger partial charge in [-0.1, -0.05) is 36.4 Å². The predicted molar refractivity (Wildman–Crippen MR) is 104 cm³/mol. The molecule has 4 rings (SSSR count). The highest BCUT2D eigenvalue weighted by atomic mass is 35.5. The van der Waals surface area contributed by atoms with Crippen LogP contribution in [0, 0.1) is 0 Å². The lowest BCUT2D eigenvalue weighted by Crippen LogP contribution is -2.16. The molecule has 4 aromatic rings. The Morgan fingerprint density at radius 2 is 1.71 bits per heavy atom. The molecule has 0 aliphatic carbocycles. The highest BCUT2D eigenvalue weighted by Gasteiger charge is 2.06. The lowest BCUT2D eigenvalue weighted by Gasteiger charge is -2.04. The van der Waals surface area contributed by atoms with Crippen LogP contribution in [0.3, 0.4) is 0 Å². The zero-order valence-electron chi connectivity index (χ0n) is 13.8. The van der Waals surface area contributed by atoms with E-state index in [0.29, 0.717) is 0 Å². The molecule has 0 atom stereocenters. The van der Waals surface area contributed by atoms with Gasteiger partial charge in [-0.05, 0) is 36.2 Å². The number of para-hydroxylation sites is 2. The molecule has 0 bridgehead atoms. The molecule has 2 N–H and O–H groups in total. The maximum absolute atomic E-state index is 3.58. The molecule has 0 saturated carbocycles. The van der Waals surface area contributed by atoms with E-state index in [1.165, 1.54) is 32.9 Å². The van der Waals surface area contributed by atoms with Crippen molar-refractivity contribution in [3.05, 3.63) is 72.1 Å². The summed E-state index contributed by atoms with van der Waals surface area (Å²) in [4.78, 5) is 3.34. The summed E-state index contributed by atoms with van der Waals surface area (Å²) in [5, 5.41) is 6.26. The number of aromatic nitrogens is 2. The molecule has 0 spiro atoms. The first-order valence-electron chi connectivity index (χ1n) is 8.11. The first-order chi connectivity index (χ1) is 11.3. The van der Waals surface area contributed by atoms with Crippen molar-refractivity contribution in [1.29, 1.82) is 0 Å². The quantitative estimate of drug-likeness (QED) is 0.518. The number of nitrogens with zero attached hydrogens (tertiary/aromatic N) is 1. The SMILES string of the molecule is Cl.Cn1cc(CNCCc2c[nH]c3ccccc23)c2ccccc21. The van der Waals surface area contributed by atoms with Crippen molar-refractivity contribution in [3.63, 3.8) is 0 Å². The van der Waals surface area contributed by atoms with Crippen molar-refractivity contribution in [2.75, 3.05) is 6.54 Å². The van der Waals surface area contributed by atoms with Crippen LogP contribution in [0.25, 0.3) is 21.8 Å². The third kappa shape index (κ3) is 3.05. The Kier molecular flexibility index (Phi) is 4.93. The van der Waals surface area contributed by atoms with E-state index in [9.17, 15) is 0 Å². The third-order valence-electron chi connectivity index (χ3n) is 4.54. The molecule has 2 aromatic carbocycles. The molecule has 0 aliphatic rings. The predicted octanol–water partition coefficient (Wildman–Crippen LogP) is 4.41. The van der Waals surface area contributed by atoms with Crippen molar-refractivity contribution in [2.24, 2.45) is 7.05 Å². The molecule has 0 aliphatic heterocycles. The van der Waals surface area contributed by atoms with E-state index in [1.807, 2.05) is 0 Å². The van der Waals surface area contributed by atoms with E-state index in [-0.39, 0.29) is 12.4 Å². The van der Waals surface area contributed by atoms with E-state index in [2.05, 4.69) is 82.8 Å². The molecule has 2 heterocycles. The first-order valence-corrected chi connectivity index (χ1v) is 8.11. The number of hydrogen-bond acceptors (Lipinski definition) is 1. The van der Waals surface area contributed by atoms with Crippen LogP contribution in [0.5, 0.6) is 0 Å². The van der Waals surface area contributed by atoms with Crippen LogP contribution in [-0.4, -0.2) is 16.1 Å². The molecule has 0 fully saturated rings. The summed E-state index contributed by atoms with van der Waals surface area (Å²) in [5.74, 6) is 0.